The number of carbonyl (C=O) groups is 1. The molecule has 2 rings (SSSR count). The highest BCUT2D eigenvalue weighted by molar-refractivity contribution is 5.84. The van der Waals surface area contributed by atoms with Gasteiger partial charge in [-0.05, 0) is 23.6 Å². The predicted molar refractivity (Wildman–Crippen MR) is 77.7 cm³/mol. The summed E-state index contributed by atoms with van der Waals surface area (Å²) in [6, 6.07) is 14.5. The van der Waals surface area contributed by atoms with Crippen LogP contribution in [-0.2, 0) is 17.8 Å². The fraction of sp³-hybridized carbons (Fsp3) is 0.188. The lowest BCUT2D eigenvalue weighted by Gasteiger charge is -2.08. The summed E-state index contributed by atoms with van der Waals surface area (Å²) in [7, 11) is 0. The molecule has 4 heteroatoms. The molecule has 1 amide bonds. The van der Waals surface area contributed by atoms with Gasteiger partial charge in [-0.15, -0.1) is 0 Å². The molecule has 2 N–H and O–H groups in total. The number of anilines is 1. The largest absolute Gasteiger partial charge is 0.508 e. The summed E-state index contributed by atoms with van der Waals surface area (Å²) in [5, 5.41) is 12.3. The van der Waals surface area contributed by atoms with Crippen molar-refractivity contribution in [1.29, 1.82) is 0 Å². The molecule has 0 spiro atoms. The molecular weight excluding hydrogens is 254 g/mol. The fourth-order valence-corrected chi connectivity index (χ4v) is 1.82. The standard InChI is InChI=1S/C16H17NO3/c1-2-13-8-9-14(10-15(13)18)17-16(19)20-11-12-6-4-3-5-7-12/h3-10,18H,2,11H2,1H3,(H,17,19). The van der Waals surface area contributed by atoms with Crippen LogP contribution in [0.4, 0.5) is 10.5 Å². The molecular formula is C16H17NO3. The Balaban J connectivity index is 1.90. The average molecular weight is 271 g/mol. The van der Waals surface area contributed by atoms with Crippen molar-refractivity contribution in [2.45, 2.75) is 20.0 Å². The number of ether oxygens (including phenoxy) is 1. The van der Waals surface area contributed by atoms with Crippen molar-refractivity contribution in [3.63, 3.8) is 0 Å². The molecule has 0 saturated heterocycles. The minimum atomic E-state index is -0.544. The minimum Gasteiger partial charge on any atom is -0.508 e. The summed E-state index contributed by atoms with van der Waals surface area (Å²) in [6.07, 6.45) is 0.197. The van der Waals surface area contributed by atoms with E-state index in [1.54, 1.807) is 12.1 Å². The Bertz CT molecular complexity index is 582. The molecule has 0 bridgehead atoms. The topological polar surface area (TPSA) is 58.6 Å². The van der Waals surface area contributed by atoms with Gasteiger partial charge in [-0.25, -0.2) is 4.79 Å². The highest BCUT2D eigenvalue weighted by atomic mass is 16.5. The van der Waals surface area contributed by atoms with E-state index in [4.69, 9.17) is 4.74 Å². The van der Waals surface area contributed by atoms with E-state index in [1.807, 2.05) is 37.3 Å². The predicted octanol–water partition coefficient (Wildman–Crippen LogP) is 3.70. The first kappa shape index (κ1) is 13.9. The van der Waals surface area contributed by atoms with E-state index in [-0.39, 0.29) is 12.4 Å². The molecule has 2 aromatic rings. The quantitative estimate of drug-likeness (QED) is 0.891. The van der Waals surface area contributed by atoms with Crippen LogP contribution in [0.3, 0.4) is 0 Å². The van der Waals surface area contributed by atoms with Gasteiger partial charge >= 0.3 is 6.09 Å². The third kappa shape index (κ3) is 3.75. The Kier molecular flexibility index (Phi) is 4.60. The van der Waals surface area contributed by atoms with Crippen LogP contribution in [0.1, 0.15) is 18.1 Å². The zero-order valence-corrected chi connectivity index (χ0v) is 11.3. The molecule has 104 valence electrons. The highest BCUT2D eigenvalue weighted by Gasteiger charge is 2.06. The van der Waals surface area contributed by atoms with Crippen molar-refractivity contribution >= 4 is 11.8 Å². The first-order valence-electron chi connectivity index (χ1n) is 6.48. The van der Waals surface area contributed by atoms with Crippen molar-refractivity contribution in [1.82, 2.24) is 0 Å². The number of benzene rings is 2. The molecule has 0 unspecified atom stereocenters. The Labute approximate surface area is 118 Å². The number of hydrogen-bond donors (Lipinski definition) is 2. The van der Waals surface area contributed by atoms with Gasteiger partial charge < -0.3 is 9.84 Å². The maximum Gasteiger partial charge on any atom is 0.411 e. The van der Waals surface area contributed by atoms with Gasteiger partial charge in [0.15, 0.2) is 0 Å². The Hall–Kier alpha value is -2.49. The Morgan fingerprint density at radius 1 is 1.20 bits per heavy atom. The second-order valence-corrected chi connectivity index (χ2v) is 4.38. The van der Waals surface area contributed by atoms with E-state index in [1.165, 1.54) is 6.07 Å². The van der Waals surface area contributed by atoms with Gasteiger partial charge in [-0.3, -0.25) is 5.32 Å². The minimum absolute atomic E-state index is 0.174. The Morgan fingerprint density at radius 3 is 2.60 bits per heavy atom. The second-order valence-electron chi connectivity index (χ2n) is 4.38. The van der Waals surface area contributed by atoms with Crippen LogP contribution in [-0.4, -0.2) is 11.2 Å². The van der Waals surface area contributed by atoms with Crippen molar-refractivity contribution in [3.05, 3.63) is 59.7 Å². The molecule has 0 saturated carbocycles. The molecule has 0 radical (unpaired) electrons. The fourth-order valence-electron chi connectivity index (χ4n) is 1.82. The number of hydrogen-bond acceptors (Lipinski definition) is 3. The second kappa shape index (κ2) is 6.61. The molecule has 4 nitrogen and oxygen atoms in total. The van der Waals surface area contributed by atoms with Gasteiger partial charge in [0.1, 0.15) is 12.4 Å². The number of amides is 1. The molecule has 0 heterocycles. The van der Waals surface area contributed by atoms with E-state index in [2.05, 4.69) is 5.32 Å². The highest BCUT2D eigenvalue weighted by Crippen LogP contribution is 2.22. The van der Waals surface area contributed by atoms with Crippen LogP contribution in [0.15, 0.2) is 48.5 Å². The van der Waals surface area contributed by atoms with Crippen LogP contribution in [0.25, 0.3) is 0 Å². The maximum absolute atomic E-state index is 11.6. The average Bonchev–Trinajstić information content (AvgIpc) is 2.46. The summed E-state index contributed by atoms with van der Waals surface area (Å²) in [5.74, 6) is 0.174. The summed E-state index contributed by atoms with van der Waals surface area (Å²) in [4.78, 5) is 11.6. The van der Waals surface area contributed by atoms with E-state index in [0.29, 0.717) is 5.69 Å². The summed E-state index contributed by atoms with van der Waals surface area (Å²) in [6.45, 7) is 2.17. The third-order valence-electron chi connectivity index (χ3n) is 2.93. The Morgan fingerprint density at radius 2 is 1.95 bits per heavy atom. The third-order valence-corrected chi connectivity index (χ3v) is 2.93. The molecule has 0 aromatic heterocycles. The van der Waals surface area contributed by atoms with E-state index < -0.39 is 6.09 Å². The SMILES string of the molecule is CCc1ccc(NC(=O)OCc2ccccc2)cc1O. The van der Waals surface area contributed by atoms with Crippen LogP contribution in [0.2, 0.25) is 0 Å². The summed E-state index contributed by atoms with van der Waals surface area (Å²) >= 11 is 0. The van der Waals surface area contributed by atoms with Crippen LogP contribution < -0.4 is 5.32 Å². The molecule has 2 aromatic carbocycles. The number of nitrogens with one attached hydrogen (secondary N) is 1. The zero-order valence-electron chi connectivity index (χ0n) is 11.3. The molecule has 0 atom stereocenters. The number of phenols is 1. The molecule has 0 fully saturated rings. The van der Waals surface area contributed by atoms with Crippen molar-refractivity contribution in [3.8, 4) is 5.75 Å². The zero-order chi connectivity index (χ0) is 14.4. The first-order valence-corrected chi connectivity index (χ1v) is 6.48. The lowest BCUT2D eigenvalue weighted by Crippen LogP contribution is -2.13. The molecule has 0 aliphatic carbocycles. The van der Waals surface area contributed by atoms with Gasteiger partial charge in [0, 0.05) is 11.8 Å². The smallest absolute Gasteiger partial charge is 0.411 e. The number of carbonyl (C=O) groups excluding carboxylic acids is 1. The molecule has 0 aliphatic heterocycles. The van der Waals surface area contributed by atoms with Crippen LogP contribution in [0, 0.1) is 0 Å². The lowest BCUT2D eigenvalue weighted by molar-refractivity contribution is 0.155. The summed E-state index contributed by atoms with van der Waals surface area (Å²) in [5.41, 5.74) is 2.28. The van der Waals surface area contributed by atoms with E-state index >= 15 is 0 Å². The normalized spacial score (nSPS) is 10.1. The van der Waals surface area contributed by atoms with Gasteiger partial charge in [0.25, 0.3) is 0 Å². The van der Waals surface area contributed by atoms with E-state index in [9.17, 15) is 9.90 Å². The van der Waals surface area contributed by atoms with Crippen molar-refractivity contribution in [2.24, 2.45) is 0 Å². The first-order chi connectivity index (χ1) is 9.69. The number of rotatable bonds is 4. The maximum atomic E-state index is 11.6. The van der Waals surface area contributed by atoms with Gasteiger partial charge in [0.05, 0.1) is 0 Å². The van der Waals surface area contributed by atoms with E-state index in [0.717, 1.165) is 17.5 Å². The van der Waals surface area contributed by atoms with Gasteiger partial charge in [-0.2, -0.15) is 0 Å². The van der Waals surface area contributed by atoms with Crippen molar-refractivity contribution < 1.29 is 14.6 Å². The van der Waals surface area contributed by atoms with Gasteiger partial charge in [-0.1, -0.05) is 43.3 Å². The van der Waals surface area contributed by atoms with Crippen LogP contribution in [0.5, 0.6) is 5.75 Å². The number of aromatic hydroxyl groups is 1. The number of phenolic OH excluding ortho intramolecular Hbond substituents is 1. The number of aryl methyl sites for hydroxylation is 1. The summed E-state index contributed by atoms with van der Waals surface area (Å²) < 4.78 is 5.10. The lowest BCUT2D eigenvalue weighted by atomic mass is 10.1. The van der Waals surface area contributed by atoms with Gasteiger partial charge in [0.2, 0.25) is 0 Å². The molecule has 20 heavy (non-hydrogen) atoms. The van der Waals surface area contributed by atoms with Crippen molar-refractivity contribution in [2.75, 3.05) is 5.32 Å². The molecule has 0 aliphatic rings. The monoisotopic (exact) mass is 271 g/mol. The van der Waals surface area contributed by atoms with Crippen LogP contribution >= 0.6 is 0 Å².